The Morgan fingerprint density at radius 3 is 1.20 bits per heavy atom. The number of furan rings is 2. The quantitative estimate of drug-likeness (QED) is 0.141. The van der Waals surface area contributed by atoms with Gasteiger partial charge in [0, 0.05) is 41.6 Å². The maximum Gasteiger partial charge on any atom is 0.103 e. The lowest BCUT2D eigenvalue weighted by Crippen LogP contribution is -2.12. The lowest BCUT2D eigenvalue weighted by atomic mass is 9.86. The van der Waals surface area contributed by atoms with Gasteiger partial charge in [0.1, 0.15) is 5.76 Å². The van der Waals surface area contributed by atoms with Gasteiger partial charge in [-0.25, -0.2) is 0 Å². The van der Waals surface area contributed by atoms with Gasteiger partial charge in [0.15, 0.2) is 0 Å². The fourth-order valence-electron chi connectivity index (χ4n) is 9.31. The summed E-state index contributed by atoms with van der Waals surface area (Å²) < 4.78 is 9.81. The number of benzene rings is 5. The molecule has 1 fully saturated rings. The maximum atomic E-state index is 4.96. The molecule has 8 heteroatoms. The number of fused-ring (bicyclic) bond motifs is 4. The second kappa shape index (κ2) is 40.6. The summed E-state index contributed by atoms with van der Waals surface area (Å²) in [5, 5.41) is 11.8. The maximum absolute atomic E-state index is 4.96. The van der Waals surface area contributed by atoms with E-state index in [1.54, 1.807) is 53.9 Å². The molecule has 2 aliphatic rings. The van der Waals surface area contributed by atoms with Gasteiger partial charge < -0.3 is 8.83 Å². The number of hydrogen-bond acceptors (Lipinski definition) is 8. The first-order valence-electron chi connectivity index (χ1n) is 32.4. The number of thiophene rings is 2. The average Bonchev–Trinajstić information content (AvgIpc) is 1.79. The molecular weight excluding hydrogens is 1170 g/mol. The van der Waals surface area contributed by atoms with Crippen molar-refractivity contribution in [2.24, 2.45) is 23.7 Å². The first-order chi connectivity index (χ1) is 44.3. The van der Waals surface area contributed by atoms with Crippen LogP contribution >= 0.6 is 22.7 Å². The summed E-state index contributed by atoms with van der Waals surface area (Å²) in [6, 6.07) is 44.3. The minimum Gasteiger partial charge on any atom is -0.472 e. The van der Waals surface area contributed by atoms with E-state index in [2.05, 4.69) is 261 Å². The van der Waals surface area contributed by atoms with Gasteiger partial charge in [0.2, 0.25) is 0 Å². The van der Waals surface area contributed by atoms with Crippen molar-refractivity contribution in [3.63, 3.8) is 0 Å². The van der Waals surface area contributed by atoms with E-state index in [1.807, 2.05) is 85.3 Å². The molecule has 0 radical (unpaired) electrons. The lowest BCUT2D eigenvalue weighted by Gasteiger charge is -2.19. The van der Waals surface area contributed by atoms with E-state index < -0.39 is 0 Å². The van der Waals surface area contributed by atoms with Crippen LogP contribution in [0.1, 0.15) is 131 Å². The Kier molecular flexibility index (Phi) is 33.7. The molecule has 2 bridgehead atoms. The molecule has 490 valence electrons. The highest BCUT2D eigenvalue weighted by atomic mass is 32.1. The molecule has 6 nitrogen and oxygen atoms in total. The first kappa shape index (κ1) is 77.1. The van der Waals surface area contributed by atoms with Crippen LogP contribution < -0.4 is 0 Å². The van der Waals surface area contributed by atoms with Crippen molar-refractivity contribution >= 4 is 44.2 Å². The molecule has 7 heterocycles. The Bertz CT molecular complexity index is 3580. The van der Waals surface area contributed by atoms with E-state index in [0.29, 0.717) is 0 Å². The van der Waals surface area contributed by atoms with Gasteiger partial charge >= 0.3 is 0 Å². The van der Waals surface area contributed by atoms with Crippen LogP contribution in [0.3, 0.4) is 0 Å². The molecule has 12 aromatic rings. The standard InChI is InChI=1S/2C12H12.C9H14.C8H10.2C7H9N.C6H8N2.2C6H8O.2C6H8S/c1-9-7-11-5-3-4-6-12(11)8-10(9)2;1-9-7-8-11-5-3-4-6-12(11)10(9)2;1-6-7(2)9-4-3-8(6)5-9;1-7-5-3-4-6-8(7)2;1-6-3-4-8-5-7(6)2;1-6-4-3-5-8-7(6)2;1-5-6(2)8-4-3-7-5;1-5-3-7-4-6(5)2;1-5-3-4-7-6(5)2;1-5-3-7-4-6(5)2;1-5-3-4-7-6(5)2/h2*3-8H,1-2H3;3-4,6-9H,5H2,1-2H3;3-6H,1-2H3;2*3-5H,1-2H3;3-4H,1-2H3;4*3-4H,1-2H3. The highest BCUT2D eigenvalue weighted by molar-refractivity contribution is 7.10. The molecule has 2 aliphatic carbocycles. The van der Waals surface area contributed by atoms with Gasteiger partial charge in [-0.2, -0.15) is 11.3 Å². The van der Waals surface area contributed by atoms with Gasteiger partial charge in [-0.1, -0.05) is 129 Å². The molecular formula is C85H106N4O2S2. The Labute approximate surface area is 568 Å². The molecule has 0 aliphatic heterocycles. The topological polar surface area (TPSA) is 77.8 Å². The van der Waals surface area contributed by atoms with Crippen molar-refractivity contribution in [1.29, 1.82) is 0 Å². The predicted molar refractivity (Wildman–Crippen MR) is 405 cm³/mol. The fraction of sp³-hybridized carbons (Fsp3) is 0.318. The highest BCUT2D eigenvalue weighted by Crippen LogP contribution is 2.47. The molecule has 14 rings (SSSR count). The van der Waals surface area contributed by atoms with Crippen molar-refractivity contribution < 1.29 is 8.83 Å². The largest absolute Gasteiger partial charge is 0.472 e. The molecule has 0 spiro atoms. The van der Waals surface area contributed by atoms with Gasteiger partial charge in [0.05, 0.1) is 30.2 Å². The van der Waals surface area contributed by atoms with Crippen molar-refractivity contribution in [2.75, 3.05) is 0 Å². The predicted octanol–water partition coefficient (Wildman–Crippen LogP) is 24.7. The van der Waals surface area contributed by atoms with E-state index in [9.17, 15) is 0 Å². The summed E-state index contributed by atoms with van der Waals surface area (Å²) >= 11 is 3.57. The molecule has 1 saturated carbocycles. The van der Waals surface area contributed by atoms with E-state index in [4.69, 9.17) is 8.83 Å². The van der Waals surface area contributed by atoms with Gasteiger partial charge in [0.25, 0.3) is 0 Å². The molecule has 93 heavy (non-hydrogen) atoms. The second-order valence-corrected chi connectivity index (χ2v) is 26.5. The van der Waals surface area contributed by atoms with Crippen LogP contribution in [0, 0.1) is 162 Å². The van der Waals surface area contributed by atoms with Gasteiger partial charge in [-0.05, 0) is 314 Å². The average molecular weight is 1280 g/mol. The smallest absolute Gasteiger partial charge is 0.103 e. The molecule has 5 aromatic carbocycles. The molecule has 4 unspecified atom stereocenters. The van der Waals surface area contributed by atoms with Crippen LogP contribution in [0.15, 0.2) is 214 Å². The third-order valence-corrected chi connectivity index (χ3v) is 19.7. The third-order valence-electron chi connectivity index (χ3n) is 17.7. The van der Waals surface area contributed by atoms with Crippen LogP contribution in [0.25, 0.3) is 21.5 Å². The van der Waals surface area contributed by atoms with Crippen LogP contribution in [-0.2, 0) is 0 Å². The summed E-state index contributed by atoms with van der Waals surface area (Å²) in [5.41, 5.74) is 23.1. The van der Waals surface area contributed by atoms with Crippen molar-refractivity contribution in [3.8, 4) is 0 Å². The SMILES string of the molecule is CC1C2C=CC(C2)C1C.Cc1cc2ccccc2cc1C.Cc1ccc2ccccc2c1C.Cc1ccccc1C.Cc1cccnc1C.Cc1ccncc1C.Cc1ccoc1C.Cc1ccsc1C.Cc1cocc1C.Cc1cscc1C.Cc1nccnc1C. The van der Waals surface area contributed by atoms with E-state index in [0.717, 1.165) is 46.5 Å². The number of allylic oxidation sites excluding steroid dienone is 2. The number of hydrogen-bond donors (Lipinski definition) is 0. The minimum atomic E-state index is 0.935. The van der Waals surface area contributed by atoms with Crippen LogP contribution in [0.4, 0.5) is 0 Å². The highest BCUT2D eigenvalue weighted by Gasteiger charge is 2.38. The van der Waals surface area contributed by atoms with Crippen LogP contribution in [-0.4, -0.2) is 19.9 Å². The number of nitrogens with zero attached hydrogens (tertiary/aromatic N) is 4. The fourth-order valence-corrected chi connectivity index (χ4v) is 10.9. The Hall–Kier alpha value is -8.30. The number of rotatable bonds is 0. The molecule has 7 aromatic heterocycles. The molecule has 0 amide bonds. The normalized spacial score (nSPS) is 14.0. The second-order valence-electron chi connectivity index (χ2n) is 24.7. The van der Waals surface area contributed by atoms with Crippen LogP contribution in [0.5, 0.6) is 0 Å². The van der Waals surface area contributed by atoms with Crippen molar-refractivity contribution in [1.82, 2.24) is 19.9 Å². The Balaban J connectivity index is 0.000000219. The summed E-state index contributed by atoms with van der Waals surface area (Å²) in [6.45, 7) is 46.3. The molecule has 0 saturated heterocycles. The number of aromatic nitrogens is 4. The molecule has 4 atom stereocenters. The van der Waals surface area contributed by atoms with Gasteiger partial charge in [-0.3, -0.25) is 19.9 Å². The van der Waals surface area contributed by atoms with Crippen molar-refractivity contribution in [2.45, 2.75) is 159 Å². The number of aryl methyl sites for hydroxylation is 20. The van der Waals surface area contributed by atoms with Gasteiger partial charge in [-0.15, -0.1) is 11.3 Å². The molecule has 0 N–H and O–H groups in total. The summed E-state index contributed by atoms with van der Waals surface area (Å²) in [7, 11) is 0. The van der Waals surface area contributed by atoms with Crippen molar-refractivity contribution in [3.05, 3.63) is 317 Å². The Morgan fingerprint density at radius 1 is 0.387 bits per heavy atom. The number of pyridine rings is 2. The van der Waals surface area contributed by atoms with E-state index in [1.165, 1.54) is 116 Å². The first-order valence-corrected chi connectivity index (χ1v) is 34.2. The van der Waals surface area contributed by atoms with E-state index in [-0.39, 0.29) is 0 Å². The Morgan fingerprint density at radius 2 is 0.882 bits per heavy atom. The summed E-state index contributed by atoms with van der Waals surface area (Å²) in [5.74, 6) is 4.80. The van der Waals surface area contributed by atoms with E-state index >= 15 is 0 Å². The summed E-state index contributed by atoms with van der Waals surface area (Å²) in [4.78, 5) is 17.5. The summed E-state index contributed by atoms with van der Waals surface area (Å²) in [6.07, 6.45) is 20.3. The lowest BCUT2D eigenvalue weighted by molar-refractivity contribution is 0.364. The zero-order chi connectivity index (χ0) is 68.6. The minimum absolute atomic E-state index is 0.935. The monoisotopic (exact) mass is 1280 g/mol. The zero-order valence-corrected chi connectivity index (χ0v) is 61.7. The van der Waals surface area contributed by atoms with Crippen LogP contribution in [0.2, 0.25) is 0 Å². The zero-order valence-electron chi connectivity index (χ0n) is 60.1. The third kappa shape index (κ3) is 27.1.